The van der Waals surface area contributed by atoms with Crippen molar-refractivity contribution in [3.63, 3.8) is 0 Å². The van der Waals surface area contributed by atoms with Gasteiger partial charge in [-0.1, -0.05) is 0 Å². The van der Waals surface area contributed by atoms with Gasteiger partial charge >= 0.3 is 0 Å². The minimum Gasteiger partial charge on any atom is -0.378 e. The van der Waals surface area contributed by atoms with E-state index in [2.05, 4.69) is 11.8 Å². The van der Waals surface area contributed by atoms with E-state index >= 15 is 0 Å². The number of rotatable bonds is 4. The van der Waals surface area contributed by atoms with Gasteiger partial charge in [0.1, 0.15) is 0 Å². The molecule has 1 aliphatic heterocycles. The number of hydrogen-bond donors (Lipinski definition) is 1. The van der Waals surface area contributed by atoms with Crippen LogP contribution in [0.25, 0.3) is 0 Å². The lowest BCUT2D eigenvalue weighted by Gasteiger charge is -2.65. The second kappa shape index (κ2) is 5.50. The van der Waals surface area contributed by atoms with Gasteiger partial charge in [-0.2, -0.15) is 0 Å². The highest BCUT2D eigenvalue weighted by molar-refractivity contribution is 5.13. The summed E-state index contributed by atoms with van der Waals surface area (Å²) in [6.07, 6.45) is 10.3. The van der Waals surface area contributed by atoms with E-state index in [0.29, 0.717) is 11.6 Å². The third kappa shape index (κ3) is 2.19. The van der Waals surface area contributed by atoms with Crippen LogP contribution in [0.2, 0.25) is 0 Å². The first-order chi connectivity index (χ1) is 10.3. The molecule has 3 nitrogen and oxygen atoms in total. The normalized spacial score (nSPS) is 47.1. The van der Waals surface area contributed by atoms with Gasteiger partial charge in [0.15, 0.2) is 0 Å². The molecule has 0 aromatic heterocycles. The van der Waals surface area contributed by atoms with E-state index < -0.39 is 0 Å². The molecule has 1 saturated heterocycles. The topological polar surface area (TPSA) is 38.5 Å². The van der Waals surface area contributed by atoms with Gasteiger partial charge in [-0.05, 0) is 75.5 Å². The Morgan fingerprint density at radius 3 is 2.05 bits per heavy atom. The van der Waals surface area contributed by atoms with E-state index in [4.69, 9.17) is 10.5 Å². The summed E-state index contributed by atoms with van der Waals surface area (Å²) in [5.41, 5.74) is 6.79. The molecule has 3 heteroatoms. The Morgan fingerprint density at radius 2 is 1.57 bits per heavy atom. The number of nitrogens with two attached hydrogens (primary N) is 1. The summed E-state index contributed by atoms with van der Waals surface area (Å²) < 4.78 is 5.85. The quantitative estimate of drug-likeness (QED) is 0.866. The van der Waals surface area contributed by atoms with Crippen molar-refractivity contribution in [3.8, 4) is 0 Å². The van der Waals surface area contributed by atoms with Crippen LogP contribution in [-0.4, -0.2) is 42.8 Å². The molecule has 5 rings (SSSR count). The molecule has 5 fully saturated rings. The Kier molecular flexibility index (Phi) is 3.79. The predicted molar refractivity (Wildman–Crippen MR) is 85.1 cm³/mol. The van der Waals surface area contributed by atoms with Gasteiger partial charge in [-0.3, -0.25) is 4.90 Å². The maximum Gasteiger partial charge on any atom is 0.0599 e. The molecular formula is C18H32N2O. The highest BCUT2D eigenvalue weighted by atomic mass is 16.5. The fraction of sp³-hybridized carbons (Fsp3) is 1.00. The molecule has 5 aliphatic rings. The van der Waals surface area contributed by atoms with Crippen molar-refractivity contribution in [3.05, 3.63) is 0 Å². The lowest BCUT2D eigenvalue weighted by molar-refractivity contribution is -0.144. The van der Waals surface area contributed by atoms with Crippen LogP contribution < -0.4 is 5.73 Å². The predicted octanol–water partition coefficient (Wildman–Crippen LogP) is 2.64. The van der Waals surface area contributed by atoms with E-state index in [-0.39, 0.29) is 0 Å². The van der Waals surface area contributed by atoms with Crippen molar-refractivity contribution in [2.45, 2.75) is 63.5 Å². The summed E-state index contributed by atoms with van der Waals surface area (Å²) in [6, 6.07) is 0. The first-order valence-corrected chi connectivity index (χ1v) is 9.33. The van der Waals surface area contributed by atoms with E-state index in [0.717, 1.165) is 36.8 Å². The molecule has 2 N–H and O–H groups in total. The Labute approximate surface area is 129 Å². The summed E-state index contributed by atoms with van der Waals surface area (Å²) in [5.74, 6) is 3.85. The number of nitrogens with zero attached hydrogens (tertiary/aromatic N) is 1. The standard InChI is InChI=1S/C18H32N2O/c1-2-21-17-3-5-20(6-4-17)18(12-19)15-8-13-7-14(10-15)11-16(18)9-13/h13-17H,2-12,19H2,1H3. The molecule has 1 heterocycles. The number of hydrogen-bond acceptors (Lipinski definition) is 3. The molecular weight excluding hydrogens is 260 g/mol. The molecule has 0 radical (unpaired) electrons. The highest BCUT2D eigenvalue weighted by Gasteiger charge is 2.59. The van der Waals surface area contributed by atoms with Crippen LogP contribution in [0.4, 0.5) is 0 Å². The van der Waals surface area contributed by atoms with Crippen LogP contribution in [0.1, 0.15) is 51.9 Å². The minimum absolute atomic E-state index is 0.352. The molecule has 0 amide bonds. The molecule has 21 heavy (non-hydrogen) atoms. The molecule has 120 valence electrons. The first kappa shape index (κ1) is 14.5. The average molecular weight is 292 g/mol. The van der Waals surface area contributed by atoms with Crippen molar-refractivity contribution in [1.82, 2.24) is 4.90 Å². The zero-order chi connectivity index (χ0) is 14.4. The summed E-state index contributed by atoms with van der Waals surface area (Å²) in [7, 11) is 0. The fourth-order valence-corrected chi connectivity index (χ4v) is 6.65. The Hall–Kier alpha value is -0.120. The van der Waals surface area contributed by atoms with Crippen LogP contribution >= 0.6 is 0 Å². The number of likely N-dealkylation sites (tertiary alicyclic amines) is 1. The Balaban J connectivity index is 1.52. The third-order valence-electron chi connectivity index (χ3n) is 7.31. The number of piperidine rings is 1. The smallest absolute Gasteiger partial charge is 0.0599 e. The Bertz CT molecular complexity index is 347. The van der Waals surface area contributed by atoms with Crippen molar-refractivity contribution in [2.24, 2.45) is 29.4 Å². The molecule has 0 aromatic rings. The van der Waals surface area contributed by atoms with Gasteiger partial charge < -0.3 is 10.5 Å². The lowest BCUT2D eigenvalue weighted by Crippen LogP contribution is -2.70. The van der Waals surface area contributed by atoms with Crippen molar-refractivity contribution < 1.29 is 4.74 Å². The summed E-state index contributed by atoms with van der Waals surface area (Å²) in [4.78, 5) is 2.82. The molecule has 0 aromatic carbocycles. The molecule has 0 unspecified atom stereocenters. The number of ether oxygens (including phenoxy) is 1. The van der Waals surface area contributed by atoms with Gasteiger partial charge in [0, 0.05) is 31.8 Å². The fourth-order valence-electron chi connectivity index (χ4n) is 6.65. The zero-order valence-electron chi connectivity index (χ0n) is 13.6. The van der Waals surface area contributed by atoms with Gasteiger partial charge in [0.25, 0.3) is 0 Å². The minimum atomic E-state index is 0.352. The maximum atomic E-state index is 6.44. The SMILES string of the molecule is CCOC1CCN(C2(CN)C3CC4CC(C3)CC2C4)CC1. The van der Waals surface area contributed by atoms with Gasteiger partial charge in [-0.25, -0.2) is 0 Å². The summed E-state index contributed by atoms with van der Waals surface area (Å²) in [6.45, 7) is 6.29. The molecule has 0 spiro atoms. The second-order valence-electron chi connectivity index (χ2n) is 8.14. The maximum absolute atomic E-state index is 6.44. The van der Waals surface area contributed by atoms with Gasteiger partial charge in [0.2, 0.25) is 0 Å². The van der Waals surface area contributed by atoms with Crippen LogP contribution in [0.3, 0.4) is 0 Å². The van der Waals surface area contributed by atoms with E-state index in [1.165, 1.54) is 58.0 Å². The monoisotopic (exact) mass is 292 g/mol. The van der Waals surface area contributed by atoms with E-state index in [9.17, 15) is 0 Å². The van der Waals surface area contributed by atoms with Crippen LogP contribution in [0, 0.1) is 23.7 Å². The van der Waals surface area contributed by atoms with Crippen molar-refractivity contribution in [2.75, 3.05) is 26.2 Å². The molecule has 4 aliphatic carbocycles. The molecule has 4 saturated carbocycles. The third-order valence-corrected chi connectivity index (χ3v) is 7.31. The average Bonchev–Trinajstić information content (AvgIpc) is 2.49. The summed E-state index contributed by atoms with van der Waals surface area (Å²) >= 11 is 0. The van der Waals surface area contributed by atoms with Gasteiger partial charge in [0.05, 0.1) is 6.10 Å². The zero-order valence-corrected chi connectivity index (χ0v) is 13.6. The summed E-state index contributed by atoms with van der Waals surface area (Å²) in [5, 5.41) is 0. The van der Waals surface area contributed by atoms with Crippen molar-refractivity contribution in [1.29, 1.82) is 0 Å². The lowest BCUT2D eigenvalue weighted by atomic mass is 9.48. The van der Waals surface area contributed by atoms with E-state index in [1.807, 2.05) is 0 Å². The van der Waals surface area contributed by atoms with Gasteiger partial charge in [-0.15, -0.1) is 0 Å². The largest absolute Gasteiger partial charge is 0.378 e. The van der Waals surface area contributed by atoms with Crippen LogP contribution in [0.5, 0.6) is 0 Å². The van der Waals surface area contributed by atoms with E-state index in [1.54, 1.807) is 0 Å². The van der Waals surface area contributed by atoms with Crippen LogP contribution in [0.15, 0.2) is 0 Å². The second-order valence-corrected chi connectivity index (χ2v) is 8.14. The Morgan fingerprint density at radius 1 is 1.00 bits per heavy atom. The molecule has 0 atom stereocenters. The highest BCUT2D eigenvalue weighted by Crippen LogP contribution is 2.60. The van der Waals surface area contributed by atoms with Crippen molar-refractivity contribution >= 4 is 0 Å². The first-order valence-electron chi connectivity index (χ1n) is 9.33. The van der Waals surface area contributed by atoms with Crippen LogP contribution in [-0.2, 0) is 4.74 Å². The molecule has 4 bridgehead atoms.